The van der Waals surface area contributed by atoms with Crippen LogP contribution < -0.4 is 5.32 Å². The monoisotopic (exact) mass is 432 g/mol. The molecule has 2 aromatic rings. The SMILES string of the molecule is CC(C)(CNc1ccc(Cl)cc1C(=O)c1ccccc1)C(=S)N1CCSCC1. The molecule has 3 nitrogen and oxygen atoms in total. The number of halogens is 1. The fraction of sp³-hybridized carbons (Fsp3) is 0.364. The summed E-state index contributed by atoms with van der Waals surface area (Å²) in [5.41, 5.74) is 1.80. The Morgan fingerprint density at radius 2 is 1.86 bits per heavy atom. The molecule has 1 aliphatic heterocycles. The Labute approximate surface area is 181 Å². The number of hydrogen-bond acceptors (Lipinski definition) is 4. The van der Waals surface area contributed by atoms with Gasteiger partial charge in [-0.05, 0) is 18.2 Å². The maximum absolute atomic E-state index is 13.0. The van der Waals surface area contributed by atoms with Gasteiger partial charge in [0.1, 0.15) is 0 Å². The smallest absolute Gasteiger partial charge is 0.195 e. The van der Waals surface area contributed by atoms with E-state index in [1.165, 1.54) is 0 Å². The molecule has 28 heavy (non-hydrogen) atoms. The topological polar surface area (TPSA) is 32.3 Å². The molecule has 1 heterocycles. The molecule has 3 rings (SSSR count). The minimum atomic E-state index is -0.204. The van der Waals surface area contributed by atoms with Gasteiger partial charge in [0.25, 0.3) is 0 Å². The van der Waals surface area contributed by atoms with E-state index in [0.29, 0.717) is 22.7 Å². The number of carbonyl (C=O) groups excluding carboxylic acids is 1. The Kier molecular flexibility index (Phi) is 7.02. The molecule has 0 aliphatic carbocycles. The highest BCUT2D eigenvalue weighted by Crippen LogP contribution is 2.27. The lowest BCUT2D eigenvalue weighted by atomic mass is 9.91. The van der Waals surface area contributed by atoms with Gasteiger partial charge >= 0.3 is 0 Å². The van der Waals surface area contributed by atoms with Gasteiger partial charge in [-0.15, -0.1) is 0 Å². The second kappa shape index (κ2) is 9.29. The highest BCUT2D eigenvalue weighted by atomic mass is 35.5. The molecule has 0 bridgehead atoms. The van der Waals surface area contributed by atoms with Crippen molar-refractivity contribution < 1.29 is 4.79 Å². The van der Waals surface area contributed by atoms with Gasteiger partial charge in [-0.3, -0.25) is 4.79 Å². The van der Waals surface area contributed by atoms with Crippen LogP contribution in [0.1, 0.15) is 29.8 Å². The van der Waals surface area contributed by atoms with E-state index in [1.54, 1.807) is 12.1 Å². The van der Waals surface area contributed by atoms with Crippen LogP contribution in [0, 0.1) is 5.41 Å². The number of rotatable bonds is 6. The van der Waals surface area contributed by atoms with Crippen molar-refractivity contribution in [3.63, 3.8) is 0 Å². The third-order valence-corrected chi connectivity index (χ3v) is 6.85. The molecule has 1 saturated heterocycles. The van der Waals surface area contributed by atoms with Crippen molar-refractivity contribution in [2.45, 2.75) is 13.8 Å². The Bertz CT molecular complexity index is 849. The van der Waals surface area contributed by atoms with Gasteiger partial charge in [-0.2, -0.15) is 11.8 Å². The normalized spacial score (nSPS) is 14.6. The first-order valence-corrected chi connectivity index (χ1v) is 11.3. The van der Waals surface area contributed by atoms with Gasteiger partial charge in [-0.1, -0.05) is 68.0 Å². The van der Waals surface area contributed by atoms with Crippen molar-refractivity contribution in [2.24, 2.45) is 5.41 Å². The minimum absolute atomic E-state index is 0.0426. The van der Waals surface area contributed by atoms with E-state index in [9.17, 15) is 4.79 Å². The second-order valence-electron chi connectivity index (χ2n) is 7.53. The van der Waals surface area contributed by atoms with E-state index in [1.807, 2.05) is 48.2 Å². The zero-order valence-corrected chi connectivity index (χ0v) is 18.6. The number of carbonyl (C=O) groups is 1. The quantitative estimate of drug-likeness (QED) is 0.489. The molecule has 0 atom stereocenters. The number of hydrogen-bond donors (Lipinski definition) is 1. The zero-order chi connectivity index (χ0) is 20.1. The highest BCUT2D eigenvalue weighted by molar-refractivity contribution is 7.99. The third kappa shape index (κ3) is 5.07. The number of anilines is 1. The van der Waals surface area contributed by atoms with Crippen molar-refractivity contribution in [3.05, 3.63) is 64.7 Å². The summed E-state index contributed by atoms with van der Waals surface area (Å²) < 4.78 is 0. The fourth-order valence-electron chi connectivity index (χ4n) is 3.19. The van der Waals surface area contributed by atoms with Gasteiger partial charge in [-0.25, -0.2) is 0 Å². The Morgan fingerprint density at radius 1 is 1.18 bits per heavy atom. The summed E-state index contributed by atoms with van der Waals surface area (Å²) in [6.07, 6.45) is 0. The molecule has 0 amide bonds. The van der Waals surface area contributed by atoms with Crippen LogP contribution in [0.4, 0.5) is 5.69 Å². The van der Waals surface area contributed by atoms with Crippen LogP contribution in [-0.4, -0.2) is 46.8 Å². The standard InChI is InChI=1S/C22H25ClN2OS2/c1-22(2,21(27)25-10-12-28-13-11-25)15-24-19-9-8-17(23)14-18(19)20(26)16-6-4-3-5-7-16/h3-9,14,24H,10-13,15H2,1-2H3. The van der Waals surface area contributed by atoms with E-state index in [0.717, 1.165) is 35.3 Å². The predicted molar refractivity (Wildman–Crippen MR) is 125 cm³/mol. The molecule has 2 aromatic carbocycles. The van der Waals surface area contributed by atoms with E-state index in [2.05, 4.69) is 24.1 Å². The minimum Gasteiger partial charge on any atom is -0.383 e. The summed E-state index contributed by atoms with van der Waals surface area (Å²) in [7, 11) is 0. The Hall–Kier alpha value is -1.56. The lowest BCUT2D eigenvalue weighted by Crippen LogP contribution is -2.46. The molecule has 0 saturated carbocycles. The van der Waals surface area contributed by atoms with Crippen LogP contribution in [0.15, 0.2) is 48.5 Å². The van der Waals surface area contributed by atoms with E-state index < -0.39 is 0 Å². The van der Waals surface area contributed by atoms with Crippen LogP contribution >= 0.6 is 35.6 Å². The summed E-state index contributed by atoms with van der Waals surface area (Å²) in [4.78, 5) is 16.3. The lowest BCUT2D eigenvalue weighted by molar-refractivity contribution is 0.103. The van der Waals surface area contributed by atoms with Gasteiger partial charge in [0.15, 0.2) is 5.78 Å². The molecular weight excluding hydrogens is 408 g/mol. The number of benzene rings is 2. The number of nitrogens with zero attached hydrogens (tertiary/aromatic N) is 1. The Morgan fingerprint density at radius 3 is 2.54 bits per heavy atom. The molecule has 0 spiro atoms. The van der Waals surface area contributed by atoms with Crippen molar-refractivity contribution in [2.75, 3.05) is 36.5 Å². The largest absolute Gasteiger partial charge is 0.383 e. The second-order valence-corrected chi connectivity index (χ2v) is 9.57. The molecule has 6 heteroatoms. The first-order chi connectivity index (χ1) is 13.4. The summed E-state index contributed by atoms with van der Waals surface area (Å²) in [6.45, 7) is 6.96. The van der Waals surface area contributed by atoms with Crippen molar-refractivity contribution in [3.8, 4) is 0 Å². The average molecular weight is 433 g/mol. The first kappa shape index (κ1) is 21.2. The number of ketones is 1. The van der Waals surface area contributed by atoms with Crippen molar-refractivity contribution >= 4 is 52.0 Å². The predicted octanol–water partition coefficient (Wildman–Crippen LogP) is 5.39. The molecular formula is C22H25ClN2OS2. The summed E-state index contributed by atoms with van der Waals surface area (Å²) in [6, 6.07) is 14.7. The van der Waals surface area contributed by atoms with Gasteiger partial charge in [0, 0.05) is 58.4 Å². The van der Waals surface area contributed by atoms with E-state index in [4.69, 9.17) is 23.8 Å². The summed E-state index contributed by atoms with van der Waals surface area (Å²) in [5, 5.41) is 4.00. The molecule has 0 aromatic heterocycles. The zero-order valence-electron chi connectivity index (χ0n) is 16.2. The van der Waals surface area contributed by atoms with Gasteiger partial charge in [0.2, 0.25) is 0 Å². The van der Waals surface area contributed by atoms with Crippen LogP contribution in [0.25, 0.3) is 0 Å². The first-order valence-electron chi connectivity index (χ1n) is 9.39. The molecule has 1 aliphatic rings. The van der Waals surface area contributed by atoms with E-state index >= 15 is 0 Å². The maximum atomic E-state index is 13.0. The van der Waals surface area contributed by atoms with E-state index in [-0.39, 0.29) is 11.2 Å². The summed E-state index contributed by atoms with van der Waals surface area (Å²) >= 11 is 14.0. The molecule has 0 radical (unpaired) electrons. The van der Waals surface area contributed by atoms with Crippen LogP contribution in [0.5, 0.6) is 0 Å². The average Bonchev–Trinajstić information content (AvgIpc) is 2.73. The third-order valence-electron chi connectivity index (χ3n) is 4.86. The fourth-order valence-corrected chi connectivity index (χ4v) is 4.52. The van der Waals surface area contributed by atoms with Gasteiger partial charge < -0.3 is 10.2 Å². The van der Waals surface area contributed by atoms with Crippen LogP contribution in [-0.2, 0) is 0 Å². The number of thiocarbonyl (C=S) groups is 1. The molecule has 148 valence electrons. The number of thioether (sulfide) groups is 1. The van der Waals surface area contributed by atoms with Gasteiger partial charge in [0.05, 0.1) is 4.99 Å². The molecule has 1 N–H and O–H groups in total. The molecule has 0 unspecified atom stereocenters. The van der Waals surface area contributed by atoms with Crippen LogP contribution in [0.2, 0.25) is 5.02 Å². The van der Waals surface area contributed by atoms with Crippen LogP contribution in [0.3, 0.4) is 0 Å². The highest BCUT2D eigenvalue weighted by Gasteiger charge is 2.29. The van der Waals surface area contributed by atoms with Crippen molar-refractivity contribution in [1.82, 2.24) is 4.90 Å². The summed E-state index contributed by atoms with van der Waals surface area (Å²) in [5.74, 6) is 2.20. The number of nitrogens with one attached hydrogen (secondary N) is 1. The Balaban J connectivity index is 1.77. The van der Waals surface area contributed by atoms with Crippen molar-refractivity contribution in [1.29, 1.82) is 0 Å². The molecule has 1 fully saturated rings. The lowest BCUT2D eigenvalue weighted by Gasteiger charge is -2.37. The maximum Gasteiger partial charge on any atom is 0.195 e.